The highest BCUT2D eigenvalue weighted by molar-refractivity contribution is 5.99. The molecule has 0 radical (unpaired) electrons. The van der Waals surface area contributed by atoms with Crippen LogP contribution in [0.4, 0.5) is 0 Å². The van der Waals surface area contributed by atoms with Gasteiger partial charge in [-0.2, -0.15) is 0 Å². The van der Waals surface area contributed by atoms with Crippen LogP contribution < -0.4 is 22.0 Å². The van der Waals surface area contributed by atoms with Gasteiger partial charge in [-0.25, -0.2) is 4.98 Å². The zero-order valence-electron chi connectivity index (χ0n) is 7.29. The number of halogens is 1. The van der Waals surface area contributed by atoms with Gasteiger partial charge in [-0.3, -0.25) is 0 Å². The fourth-order valence-corrected chi connectivity index (χ4v) is 1.61. The molecule has 1 aromatic carbocycles. The first-order chi connectivity index (χ1) is 6.45. The summed E-state index contributed by atoms with van der Waals surface area (Å²) in [7, 11) is 0. The van der Waals surface area contributed by atoms with E-state index in [-0.39, 0.29) is 17.0 Å². The van der Waals surface area contributed by atoms with E-state index in [9.17, 15) is 0 Å². The summed E-state index contributed by atoms with van der Waals surface area (Å²) in [5.41, 5.74) is 3.22. The molecule has 0 aliphatic heterocycles. The summed E-state index contributed by atoms with van der Waals surface area (Å²) >= 11 is 0. The Kier molecular flexibility index (Phi) is 2.21. The second kappa shape index (κ2) is 3.38. The molecule has 4 heteroatoms. The number of benzene rings is 1. The number of nitrogens with zero attached hydrogens (tertiary/aromatic N) is 1. The first kappa shape index (κ1) is 9.15. The molecule has 3 nitrogen and oxygen atoms in total. The van der Waals surface area contributed by atoms with Crippen molar-refractivity contribution in [1.29, 1.82) is 0 Å². The maximum absolute atomic E-state index is 4.20. The van der Waals surface area contributed by atoms with Gasteiger partial charge in [0.25, 0.3) is 6.33 Å². The molecule has 0 bridgehead atoms. The highest BCUT2D eigenvalue weighted by Gasteiger charge is 2.07. The van der Waals surface area contributed by atoms with Crippen molar-refractivity contribution in [1.82, 2.24) is 9.97 Å². The minimum Gasteiger partial charge on any atom is -1.00 e. The molecular weight excluding hydrogens is 242 g/mol. The van der Waals surface area contributed by atoms with Crippen LogP contribution in [0.5, 0.6) is 0 Å². The zero-order chi connectivity index (χ0) is 8.67. The van der Waals surface area contributed by atoms with Crippen molar-refractivity contribution in [2.24, 2.45) is 0 Å². The third-order valence-electron chi connectivity index (χ3n) is 2.23. The van der Waals surface area contributed by atoms with Gasteiger partial charge in [0, 0.05) is 17.1 Å². The molecule has 0 unspecified atom stereocenters. The second-order valence-corrected chi connectivity index (χ2v) is 2.99. The standard InChI is InChI=1S/C10H7N3.BrH/c1-2-7-8(11-5-1)3-4-9-10(7)13-6-12-9;/h1-6,11H;1H. The van der Waals surface area contributed by atoms with E-state index in [0.717, 1.165) is 16.6 Å². The van der Waals surface area contributed by atoms with Crippen LogP contribution >= 0.6 is 0 Å². The Labute approximate surface area is 91.0 Å². The van der Waals surface area contributed by atoms with Crippen molar-refractivity contribution in [3.05, 3.63) is 36.8 Å². The molecule has 2 heterocycles. The second-order valence-electron chi connectivity index (χ2n) is 2.99. The van der Waals surface area contributed by atoms with Crippen molar-refractivity contribution in [3.63, 3.8) is 0 Å². The van der Waals surface area contributed by atoms with Crippen LogP contribution in [0.3, 0.4) is 0 Å². The van der Waals surface area contributed by atoms with Crippen LogP contribution in [0.25, 0.3) is 21.9 Å². The summed E-state index contributed by atoms with van der Waals surface area (Å²) in [6, 6.07) is 8.11. The van der Waals surface area contributed by atoms with Gasteiger partial charge in [-0.05, 0) is 29.2 Å². The molecule has 0 aliphatic carbocycles. The van der Waals surface area contributed by atoms with Gasteiger partial charge in [-0.1, -0.05) is 0 Å². The van der Waals surface area contributed by atoms with Gasteiger partial charge < -0.3 is 22.0 Å². The number of aromatic amines is 2. The predicted octanol–water partition coefficient (Wildman–Crippen LogP) is -1.47. The van der Waals surface area contributed by atoms with Crippen molar-refractivity contribution < 1.29 is 22.0 Å². The highest BCUT2D eigenvalue weighted by atomic mass is 79.9. The first-order valence-electron chi connectivity index (χ1n) is 4.18. The van der Waals surface area contributed by atoms with Crippen molar-refractivity contribution >= 4 is 21.9 Å². The lowest BCUT2D eigenvalue weighted by molar-refractivity contribution is -0.343. The van der Waals surface area contributed by atoms with Crippen LogP contribution in [0.1, 0.15) is 0 Å². The molecule has 0 saturated carbocycles. The number of hydrogen-bond donors (Lipinski definition) is 1. The fraction of sp³-hybridized carbons (Fsp3) is 0. The molecule has 14 heavy (non-hydrogen) atoms. The molecular formula is C10H8BrN3. The molecule has 0 spiro atoms. The Balaban J connectivity index is 0.000000750. The molecule has 0 fully saturated rings. The van der Waals surface area contributed by atoms with Gasteiger partial charge in [0.15, 0.2) is 5.52 Å². The van der Waals surface area contributed by atoms with Crippen LogP contribution in [0, 0.1) is 0 Å². The minimum absolute atomic E-state index is 0. The molecule has 0 atom stereocenters. The number of aromatic nitrogens is 3. The van der Waals surface area contributed by atoms with Gasteiger partial charge >= 0.3 is 0 Å². The lowest BCUT2D eigenvalue weighted by Gasteiger charge is -1.94. The quantitative estimate of drug-likeness (QED) is 0.520. The fourth-order valence-electron chi connectivity index (χ4n) is 1.61. The topological polar surface area (TPSA) is 42.8 Å². The lowest BCUT2D eigenvalue weighted by atomic mass is 10.2. The SMILES string of the molecule is [Br-].c1c[nH]c2ccc3nc[nH+]c3c2c1. The third-order valence-corrected chi connectivity index (χ3v) is 2.23. The number of fused-ring (bicyclic) bond motifs is 3. The van der Waals surface area contributed by atoms with Crippen LogP contribution in [-0.4, -0.2) is 9.97 Å². The Hall–Kier alpha value is -1.42. The molecule has 0 aliphatic rings. The maximum atomic E-state index is 4.20. The molecule has 0 saturated heterocycles. The lowest BCUT2D eigenvalue weighted by Crippen LogP contribution is -3.00. The van der Waals surface area contributed by atoms with E-state index in [0.29, 0.717) is 0 Å². The van der Waals surface area contributed by atoms with Crippen LogP contribution in [-0.2, 0) is 0 Å². The number of H-pyrrole nitrogens is 2. The largest absolute Gasteiger partial charge is 1.00 e. The molecule has 70 valence electrons. The molecule has 2 aromatic heterocycles. The van der Waals surface area contributed by atoms with Crippen LogP contribution in [0.15, 0.2) is 36.8 Å². The minimum atomic E-state index is 0. The van der Waals surface area contributed by atoms with Crippen molar-refractivity contribution in [2.75, 3.05) is 0 Å². The Morgan fingerprint density at radius 2 is 2.14 bits per heavy atom. The Bertz CT molecular complexity index is 573. The summed E-state index contributed by atoms with van der Waals surface area (Å²) in [4.78, 5) is 10.5. The number of nitrogens with one attached hydrogen (secondary N) is 2. The van der Waals surface area contributed by atoms with E-state index in [1.807, 2.05) is 24.4 Å². The van der Waals surface area contributed by atoms with Crippen molar-refractivity contribution in [2.45, 2.75) is 0 Å². The number of pyridine rings is 1. The normalized spacial score (nSPS) is 10.3. The van der Waals surface area contributed by atoms with E-state index in [2.05, 4.69) is 21.0 Å². The van der Waals surface area contributed by atoms with E-state index >= 15 is 0 Å². The van der Waals surface area contributed by atoms with Gasteiger partial charge in [0.2, 0.25) is 5.52 Å². The average Bonchev–Trinajstić information content (AvgIpc) is 2.65. The molecule has 2 N–H and O–H groups in total. The first-order valence-corrected chi connectivity index (χ1v) is 4.18. The zero-order valence-corrected chi connectivity index (χ0v) is 8.88. The van der Waals surface area contributed by atoms with E-state index < -0.39 is 0 Å². The van der Waals surface area contributed by atoms with Crippen molar-refractivity contribution in [3.8, 4) is 0 Å². The summed E-state index contributed by atoms with van der Waals surface area (Å²) in [5.74, 6) is 0. The van der Waals surface area contributed by atoms with E-state index in [4.69, 9.17) is 0 Å². The van der Waals surface area contributed by atoms with Crippen LogP contribution in [0.2, 0.25) is 0 Å². The number of rotatable bonds is 0. The molecule has 3 aromatic rings. The highest BCUT2D eigenvalue weighted by Crippen LogP contribution is 2.17. The van der Waals surface area contributed by atoms with Gasteiger partial charge in [-0.15, -0.1) is 0 Å². The number of hydrogen-bond acceptors (Lipinski definition) is 1. The Morgan fingerprint density at radius 1 is 1.21 bits per heavy atom. The number of imidazole rings is 1. The van der Waals surface area contributed by atoms with Gasteiger partial charge in [0.05, 0.1) is 0 Å². The van der Waals surface area contributed by atoms with E-state index in [1.54, 1.807) is 6.33 Å². The maximum Gasteiger partial charge on any atom is 0.285 e. The third kappa shape index (κ3) is 1.19. The average molecular weight is 250 g/mol. The molecule has 3 rings (SSSR count). The summed E-state index contributed by atoms with van der Waals surface area (Å²) in [6.07, 6.45) is 3.64. The summed E-state index contributed by atoms with van der Waals surface area (Å²) in [5, 5.41) is 1.18. The summed E-state index contributed by atoms with van der Waals surface area (Å²) < 4.78 is 0. The molecule has 0 amide bonds. The monoisotopic (exact) mass is 249 g/mol. The summed E-state index contributed by atoms with van der Waals surface area (Å²) in [6.45, 7) is 0. The Morgan fingerprint density at radius 3 is 3.07 bits per heavy atom. The predicted molar refractivity (Wildman–Crippen MR) is 50.2 cm³/mol. The van der Waals surface area contributed by atoms with Gasteiger partial charge in [0.1, 0.15) is 0 Å². The smallest absolute Gasteiger partial charge is 0.285 e. The van der Waals surface area contributed by atoms with E-state index in [1.165, 1.54) is 5.39 Å².